The summed E-state index contributed by atoms with van der Waals surface area (Å²) in [5, 5.41) is 5.22. The molecule has 1 heterocycles. The van der Waals surface area contributed by atoms with Crippen LogP contribution in [0.15, 0.2) is 53.6 Å². The van der Waals surface area contributed by atoms with Gasteiger partial charge in [0, 0.05) is 23.7 Å². The summed E-state index contributed by atoms with van der Waals surface area (Å²) in [5.41, 5.74) is 0.738. The van der Waals surface area contributed by atoms with Crippen molar-refractivity contribution in [1.29, 1.82) is 0 Å². The Balaban J connectivity index is 1.92. The molecule has 1 unspecified atom stereocenters. The van der Waals surface area contributed by atoms with E-state index >= 15 is 0 Å². The Labute approximate surface area is 133 Å². The molecule has 6 heteroatoms. The van der Waals surface area contributed by atoms with E-state index in [4.69, 9.17) is 0 Å². The summed E-state index contributed by atoms with van der Waals surface area (Å²) in [6, 6.07) is 12.7. The maximum absolute atomic E-state index is 12.1. The minimum absolute atomic E-state index is 0.102. The SMILES string of the molecule is CC(=O)Nc1ccc(SC(C)C(=O)Nc2ccccn2)cc1. The topological polar surface area (TPSA) is 71.1 Å². The van der Waals surface area contributed by atoms with Gasteiger partial charge < -0.3 is 10.6 Å². The van der Waals surface area contributed by atoms with Crippen molar-refractivity contribution in [2.75, 3.05) is 10.6 Å². The van der Waals surface area contributed by atoms with E-state index in [1.807, 2.05) is 37.3 Å². The zero-order valence-corrected chi connectivity index (χ0v) is 13.2. The second kappa shape index (κ2) is 7.61. The molecule has 0 bridgehead atoms. The minimum atomic E-state index is -0.256. The lowest BCUT2D eigenvalue weighted by Gasteiger charge is -2.12. The van der Waals surface area contributed by atoms with Gasteiger partial charge in [-0.2, -0.15) is 0 Å². The number of nitrogens with one attached hydrogen (secondary N) is 2. The summed E-state index contributed by atoms with van der Waals surface area (Å²) in [5.74, 6) is 0.333. The number of aromatic nitrogens is 1. The fraction of sp³-hybridized carbons (Fsp3) is 0.188. The van der Waals surface area contributed by atoms with Crippen molar-refractivity contribution in [3.63, 3.8) is 0 Å². The fourth-order valence-electron chi connectivity index (χ4n) is 1.74. The molecule has 1 atom stereocenters. The van der Waals surface area contributed by atoms with Crippen LogP contribution in [0.5, 0.6) is 0 Å². The molecule has 22 heavy (non-hydrogen) atoms. The molecule has 2 aromatic rings. The van der Waals surface area contributed by atoms with Crippen LogP contribution in [0.3, 0.4) is 0 Å². The number of carbonyl (C=O) groups excluding carboxylic acids is 2. The molecule has 0 aliphatic rings. The van der Waals surface area contributed by atoms with Crippen molar-refractivity contribution in [3.05, 3.63) is 48.7 Å². The van der Waals surface area contributed by atoms with Crippen molar-refractivity contribution in [3.8, 4) is 0 Å². The molecule has 0 saturated carbocycles. The van der Waals surface area contributed by atoms with Gasteiger partial charge in [0.05, 0.1) is 5.25 Å². The molecule has 1 aromatic heterocycles. The molecule has 2 rings (SSSR count). The Bertz CT molecular complexity index is 644. The Morgan fingerprint density at radius 1 is 1.09 bits per heavy atom. The molecule has 2 amide bonds. The van der Waals surface area contributed by atoms with Crippen LogP contribution in [0.4, 0.5) is 11.5 Å². The van der Waals surface area contributed by atoms with E-state index in [-0.39, 0.29) is 17.1 Å². The molecule has 5 nitrogen and oxygen atoms in total. The van der Waals surface area contributed by atoms with Gasteiger partial charge in [0.25, 0.3) is 0 Å². The quantitative estimate of drug-likeness (QED) is 0.831. The second-order valence-corrected chi connectivity index (χ2v) is 6.08. The molecule has 0 radical (unpaired) electrons. The summed E-state index contributed by atoms with van der Waals surface area (Å²) in [7, 11) is 0. The predicted molar refractivity (Wildman–Crippen MR) is 88.9 cm³/mol. The Morgan fingerprint density at radius 2 is 1.82 bits per heavy atom. The van der Waals surface area contributed by atoms with Gasteiger partial charge in [-0.3, -0.25) is 9.59 Å². The van der Waals surface area contributed by atoms with E-state index in [1.54, 1.807) is 18.3 Å². The van der Waals surface area contributed by atoms with Crippen LogP contribution in [0.1, 0.15) is 13.8 Å². The first-order valence-electron chi connectivity index (χ1n) is 6.81. The highest BCUT2D eigenvalue weighted by molar-refractivity contribution is 8.00. The van der Waals surface area contributed by atoms with E-state index in [1.165, 1.54) is 18.7 Å². The van der Waals surface area contributed by atoms with Crippen LogP contribution in [0.2, 0.25) is 0 Å². The third-order valence-electron chi connectivity index (χ3n) is 2.77. The number of carbonyl (C=O) groups is 2. The summed E-state index contributed by atoms with van der Waals surface area (Å²) in [4.78, 5) is 28.1. The van der Waals surface area contributed by atoms with Crippen LogP contribution >= 0.6 is 11.8 Å². The van der Waals surface area contributed by atoms with Crippen molar-refractivity contribution >= 4 is 35.1 Å². The van der Waals surface area contributed by atoms with Gasteiger partial charge >= 0.3 is 0 Å². The zero-order chi connectivity index (χ0) is 15.9. The number of thioether (sulfide) groups is 1. The molecule has 2 N–H and O–H groups in total. The lowest BCUT2D eigenvalue weighted by Crippen LogP contribution is -2.22. The molecule has 0 saturated heterocycles. The molecular formula is C16H17N3O2S. The lowest BCUT2D eigenvalue weighted by molar-refractivity contribution is -0.115. The fourth-order valence-corrected chi connectivity index (χ4v) is 2.61. The molecule has 1 aromatic carbocycles. The van der Waals surface area contributed by atoms with Gasteiger partial charge in [0.1, 0.15) is 5.82 Å². The van der Waals surface area contributed by atoms with Gasteiger partial charge in [-0.25, -0.2) is 4.98 Å². The molecule has 0 aliphatic heterocycles. The average Bonchev–Trinajstić information content (AvgIpc) is 2.49. The number of anilines is 2. The van der Waals surface area contributed by atoms with Crippen molar-refractivity contribution in [2.45, 2.75) is 24.0 Å². The summed E-state index contributed by atoms with van der Waals surface area (Å²) in [6.07, 6.45) is 1.63. The molecule has 0 spiro atoms. The van der Waals surface area contributed by atoms with Gasteiger partial charge in [-0.1, -0.05) is 6.07 Å². The summed E-state index contributed by atoms with van der Waals surface area (Å²) < 4.78 is 0. The first-order valence-corrected chi connectivity index (χ1v) is 7.69. The van der Waals surface area contributed by atoms with Gasteiger partial charge in [-0.05, 0) is 43.3 Å². The van der Waals surface area contributed by atoms with Crippen LogP contribution in [-0.4, -0.2) is 22.0 Å². The van der Waals surface area contributed by atoms with E-state index in [0.29, 0.717) is 5.82 Å². The van der Waals surface area contributed by atoms with E-state index < -0.39 is 0 Å². The third-order valence-corrected chi connectivity index (χ3v) is 3.88. The Hall–Kier alpha value is -2.34. The third kappa shape index (κ3) is 4.89. The largest absolute Gasteiger partial charge is 0.326 e. The van der Waals surface area contributed by atoms with E-state index in [9.17, 15) is 9.59 Å². The monoisotopic (exact) mass is 315 g/mol. The van der Waals surface area contributed by atoms with Gasteiger partial charge in [-0.15, -0.1) is 11.8 Å². The molecule has 0 aliphatic carbocycles. The number of benzene rings is 1. The standard InChI is InChI=1S/C16H17N3O2S/c1-11(16(21)19-15-5-3-4-10-17-15)22-14-8-6-13(7-9-14)18-12(2)20/h3-11H,1-2H3,(H,18,20)(H,17,19,21). The van der Waals surface area contributed by atoms with Crippen molar-refractivity contribution in [1.82, 2.24) is 4.98 Å². The number of rotatable bonds is 5. The Kier molecular flexibility index (Phi) is 5.55. The van der Waals surface area contributed by atoms with Gasteiger partial charge in [0.15, 0.2) is 0 Å². The first kappa shape index (κ1) is 16.0. The summed E-state index contributed by atoms with van der Waals surface area (Å²) in [6.45, 7) is 3.30. The van der Waals surface area contributed by atoms with Crippen LogP contribution in [0.25, 0.3) is 0 Å². The summed E-state index contributed by atoms with van der Waals surface area (Å²) >= 11 is 1.45. The average molecular weight is 315 g/mol. The van der Waals surface area contributed by atoms with E-state index in [0.717, 1.165) is 10.6 Å². The number of nitrogens with zero attached hydrogens (tertiary/aromatic N) is 1. The molecule has 114 valence electrons. The normalized spacial score (nSPS) is 11.5. The van der Waals surface area contributed by atoms with E-state index in [2.05, 4.69) is 15.6 Å². The Morgan fingerprint density at radius 3 is 2.41 bits per heavy atom. The predicted octanol–water partition coefficient (Wildman–Crippen LogP) is 3.16. The number of hydrogen-bond donors (Lipinski definition) is 2. The van der Waals surface area contributed by atoms with Crippen molar-refractivity contribution in [2.24, 2.45) is 0 Å². The van der Waals surface area contributed by atoms with Crippen LogP contribution in [-0.2, 0) is 9.59 Å². The molecular weight excluding hydrogens is 298 g/mol. The van der Waals surface area contributed by atoms with Crippen LogP contribution in [0, 0.1) is 0 Å². The second-order valence-electron chi connectivity index (χ2n) is 4.67. The highest BCUT2D eigenvalue weighted by atomic mass is 32.2. The maximum Gasteiger partial charge on any atom is 0.238 e. The number of amides is 2. The van der Waals surface area contributed by atoms with Crippen molar-refractivity contribution < 1.29 is 9.59 Å². The highest BCUT2D eigenvalue weighted by Gasteiger charge is 2.14. The van der Waals surface area contributed by atoms with Gasteiger partial charge in [0.2, 0.25) is 11.8 Å². The smallest absolute Gasteiger partial charge is 0.238 e. The zero-order valence-electron chi connectivity index (χ0n) is 12.4. The highest BCUT2D eigenvalue weighted by Crippen LogP contribution is 2.25. The van der Waals surface area contributed by atoms with Crippen LogP contribution < -0.4 is 10.6 Å². The first-order chi connectivity index (χ1) is 10.5. The molecule has 0 fully saturated rings. The maximum atomic E-state index is 12.1. The minimum Gasteiger partial charge on any atom is -0.326 e. The number of pyridine rings is 1. The lowest BCUT2D eigenvalue weighted by atomic mass is 10.3. The number of hydrogen-bond acceptors (Lipinski definition) is 4.